The van der Waals surface area contributed by atoms with E-state index in [2.05, 4.69) is 48.4 Å². The zero-order valence-electron chi connectivity index (χ0n) is 14.8. The van der Waals surface area contributed by atoms with Crippen molar-refractivity contribution in [1.82, 2.24) is 4.98 Å². The number of amides is 1. The summed E-state index contributed by atoms with van der Waals surface area (Å²) in [6, 6.07) is 16.2. The standard InChI is InChI=1S/C21H22N2OS/c1-4-16-7-5-6-8-18(16)23-20(24)13-19-21(22-15(3)25-19)17-11-9-14(2)10-12-17/h5-12H,4,13H2,1-3H3,(H,23,24). The van der Waals surface area contributed by atoms with Crippen LogP contribution in [0.25, 0.3) is 11.3 Å². The van der Waals surface area contributed by atoms with Crippen molar-refractivity contribution in [2.24, 2.45) is 0 Å². The largest absolute Gasteiger partial charge is 0.326 e. The molecule has 3 rings (SSSR count). The van der Waals surface area contributed by atoms with Gasteiger partial charge < -0.3 is 5.32 Å². The maximum absolute atomic E-state index is 12.6. The smallest absolute Gasteiger partial charge is 0.229 e. The van der Waals surface area contributed by atoms with Crippen molar-refractivity contribution in [2.75, 3.05) is 5.32 Å². The molecule has 0 atom stereocenters. The number of nitrogens with zero attached hydrogens (tertiary/aromatic N) is 1. The first-order chi connectivity index (χ1) is 12.1. The van der Waals surface area contributed by atoms with Crippen molar-refractivity contribution in [2.45, 2.75) is 33.6 Å². The van der Waals surface area contributed by atoms with Crippen LogP contribution in [0.15, 0.2) is 48.5 Å². The summed E-state index contributed by atoms with van der Waals surface area (Å²) in [7, 11) is 0. The number of aryl methyl sites for hydroxylation is 3. The third-order valence-electron chi connectivity index (χ3n) is 4.12. The van der Waals surface area contributed by atoms with Gasteiger partial charge in [0, 0.05) is 16.1 Å². The Balaban J connectivity index is 1.81. The van der Waals surface area contributed by atoms with Gasteiger partial charge >= 0.3 is 0 Å². The summed E-state index contributed by atoms with van der Waals surface area (Å²) in [5, 5.41) is 4.03. The van der Waals surface area contributed by atoms with E-state index >= 15 is 0 Å². The Kier molecular flexibility index (Phi) is 5.29. The maximum Gasteiger partial charge on any atom is 0.229 e. The van der Waals surface area contributed by atoms with E-state index in [1.54, 1.807) is 11.3 Å². The molecule has 0 aliphatic carbocycles. The van der Waals surface area contributed by atoms with Crippen LogP contribution >= 0.6 is 11.3 Å². The molecule has 0 aliphatic heterocycles. The number of aromatic nitrogens is 1. The predicted octanol–water partition coefficient (Wildman–Crippen LogP) is 5.17. The first-order valence-electron chi connectivity index (χ1n) is 8.48. The Bertz CT molecular complexity index is 881. The Labute approximate surface area is 152 Å². The quantitative estimate of drug-likeness (QED) is 0.690. The summed E-state index contributed by atoms with van der Waals surface area (Å²) in [5.41, 5.74) is 5.24. The van der Waals surface area contributed by atoms with Crippen LogP contribution in [0.3, 0.4) is 0 Å². The molecule has 0 saturated heterocycles. The molecule has 4 heteroatoms. The van der Waals surface area contributed by atoms with Gasteiger partial charge in [-0.1, -0.05) is 55.0 Å². The molecule has 25 heavy (non-hydrogen) atoms. The van der Waals surface area contributed by atoms with Crippen molar-refractivity contribution in [1.29, 1.82) is 0 Å². The second-order valence-electron chi connectivity index (χ2n) is 6.11. The number of thiazole rings is 1. The lowest BCUT2D eigenvalue weighted by molar-refractivity contribution is -0.115. The minimum absolute atomic E-state index is 0.00193. The van der Waals surface area contributed by atoms with Crippen LogP contribution in [0.2, 0.25) is 0 Å². The van der Waals surface area contributed by atoms with Crippen LogP contribution in [-0.4, -0.2) is 10.9 Å². The molecule has 1 aromatic heterocycles. The molecule has 0 unspecified atom stereocenters. The van der Waals surface area contributed by atoms with Gasteiger partial charge in [0.15, 0.2) is 0 Å². The molecule has 1 heterocycles. The molecule has 3 nitrogen and oxygen atoms in total. The second-order valence-corrected chi connectivity index (χ2v) is 7.39. The zero-order valence-corrected chi connectivity index (χ0v) is 15.6. The van der Waals surface area contributed by atoms with Gasteiger partial charge in [-0.05, 0) is 31.9 Å². The topological polar surface area (TPSA) is 42.0 Å². The maximum atomic E-state index is 12.6. The number of hydrogen-bond donors (Lipinski definition) is 1. The van der Waals surface area contributed by atoms with Crippen LogP contribution in [0, 0.1) is 13.8 Å². The van der Waals surface area contributed by atoms with Crippen molar-refractivity contribution >= 4 is 22.9 Å². The molecule has 0 spiro atoms. The molecule has 1 amide bonds. The molecule has 0 aliphatic rings. The lowest BCUT2D eigenvalue weighted by Crippen LogP contribution is -2.15. The highest BCUT2D eigenvalue weighted by Gasteiger charge is 2.15. The highest BCUT2D eigenvalue weighted by molar-refractivity contribution is 7.12. The fraction of sp³-hybridized carbons (Fsp3) is 0.238. The summed E-state index contributed by atoms with van der Waals surface area (Å²) < 4.78 is 0. The van der Waals surface area contributed by atoms with Gasteiger partial charge in [-0.15, -0.1) is 11.3 Å². The minimum Gasteiger partial charge on any atom is -0.326 e. The summed E-state index contributed by atoms with van der Waals surface area (Å²) in [6.45, 7) is 6.14. The molecule has 3 aromatic rings. The molecule has 1 N–H and O–H groups in total. The SMILES string of the molecule is CCc1ccccc1NC(=O)Cc1sc(C)nc1-c1ccc(C)cc1. The van der Waals surface area contributed by atoms with Gasteiger partial charge in [-0.3, -0.25) is 4.79 Å². The average Bonchev–Trinajstić information content (AvgIpc) is 2.96. The lowest BCUT2D eigenvalue weighted by Gasteiger charge is -2.09. The van der Waals surface area contributed by atoms with Gasteiger partial charge in [-0.2, -0.15) is 0 Å². The Hall–Kier alpha value is -2.46. The van der Waals surface area contributed by atoms with Crippen molar-refractivity contribution in [3.63, 3.8) is 0 Å². The van der Waals surface area contributed by atoms with Crippen LogP contribution in [-0.2, 0) is 17.6 Å². The number of hydrogen-bond acceptors (Lipinski definition) is 3. The molecule has 2 aromatic carbocycles. The fourth-order valence-electron chi connectivity index (χ4n) is 2.82. The van der Waals surface area contributed by atoms with E-state index in [-0.39, 0.29) is 5.91 Å². The van der Waals surface area contributed by atoms with Crippen molar-refractivity contribution < 1.29 is 4.79 Å². The zero-order chi connectivity index (χ0) is 17.8. The van der Waals surface area contributed by atoms with E-state index in [1.165, 1.54) is 5.56 Å². The molecular formula is C21H22N2OS. The van der Waals surface area contributed by atoms with E-state index in [1.807, 2.05) is 31.2 Å². The predicted molar refractivity (Wildman–Crippen MR) is 105 cm³/mol. The van der Waals surface area contributed by atoms with Gasteiger partial charge in [0.1, 0.15) is 0 Å². The number of carbonyl (C=O) groups is 1. The Morgan fingerprint density at radius 2 is 1.80 bits per heavy atom. The summed E-state index contributed by atoms with van der Waals surface area (Å²) in [6.07, 6.45) is 1.23. The van der Waals surface area contributed by atoms with Crippen molar-refractivity contribution in [3.05, 3.63) is 69.5 Å². The normalized spacial score (nSPS) is 10.7. The first-order valence-corrected chi connectivity index (χ1v) is 9.29. The number of carbonyl (C=O) groups excluding carboxylic acids is 1. The number of para-hydroxylation sites is 1. The van der Waals surface area contributed by atoms with E-state index < -0.39 is 0 Å². The van der Waals surface area contributed by atoms with Crippen LogP contribution < -0.4 is 5.32 Å². The van der Waals surface area contributed by atoms with Crippen LogP contribution in [0.5, 0.6) is 0 Å². The molecule has 128 valence electrons. The fourth-order valence-corrected chi connectivity index (χ4v) is 3.77. The Morgan fingerprint density at radius 3 is 2.52 bits per heavy atom. The summed E-state index contributed by atoms with van der Waals surface area (Å²) in [4.78, 5) is 18.2. The van der Waals surface area contributed by atoms with Crippen LogP contribution in [0.4, 0.5) is 5.69 Å². The molecule has 0 bridgehead atoms. The van der Waals surface area contributed by atoms with E-state index in [0.29, 0.717) is 6.42 Å². The number of rotatable bonds is 5. The lowest BCUT2D eigenvalue weighted by atomic mass is 10.1. The molecular weight excluding hydrogens is 328 g/mol. The Morgan fingerprint density at radius 1 is 1.08 bits per heavy atom. The van der Waals surface area contributed by atoms with Crippen LogP contribution in [0.1, 0.15) is 27.9 Å². The first kappa shape index (κ1) is 17.4. The third kappa shape index (κ3) is 4.15. The summed E-state index contributed by atoms with van der Waals surface area (Å²) in [5.74, 6) is -0.00193. The highest BCUT2D eigenvalue weighted by Crippen LogP contribution is 2.29. The van der Waals surface area contributed by atoms with E-state index in [9.17, 15) is 4.79 Å². The molecule has 0 saturated carbocycles. The monoisotopic (exact) mass is 350 g/mol. The van der Waals surface area contributed by atoms with Gasteiger partial charge in [-0.25, -0.2) is 4.98 Å². The average molecular weight is 350 g/mol. The second kappa shape index (κ2) is 7.62. The van der Waals surface area contributed by atoms with Gasteiger partial charge in [0.2, 0.25) is 5.91 Å². The minimum atomic E-state index is -0.00193. The number of anilines is 1. The summed E-state index contributed by atoms with van der Waals surface area (Å²) >= 11 is 1.59. The van der Waals surface area contributed by atoms with Gasteiger partial charge in [0.25, 0.3) is 0 Å². The van der Waals surface area contributed by atoms with Gasteiger partial charge in [0.05, 0.1) is 17.1 Å². The third-order valence-corrected chi connectivity index (χ3v) is 5.09. The highest BCUT2D eigenvalue weighted by atomic mass is 32.1. The number of nitrogens with one attached hydrogen (secondary N) is 1. The van der Waals surface area contributed by atoms with Crippen molar-refractivity contribution in [3.8, 4) is 11.3 Å². The van der Waals surface area contributed by atoms with E-state index in [4.69, 9.17) is 0 Å². The van der Waals surface area contributed by atoms with E-state index in [0.717, 1.165) is 38.8 Å². The molecule has 0 radical (unpaired) electrons. The molecule has 0 fully saturated rings. The number of benzene rings is 2.